The molecule has 6 nitrogen and oxygen atoms in total. The van der Waals surface area contributed by atoms with Crippen LogP contribution in [0.2, 0.25) is 0 Å². The van der Waals surface area contributed by atoms with Crippen molar-refractivity contribution in [2.75, 3.05) is 13.1 Å². The molecule has 1 fully saturated rings. The molecule has 1 aliphatic carbocycles. The maximum absolute atomic E-state index is 11.7. The van der Waals surface area contributed by atoms with E-state index in [2.05, 4.69) is 10.6 Å². The average molecular weight is 294 g/mol. The van der Waals surface area contributed by atoms with Crippen LogP contribution >= 0.6 is 0 Å². The number of amides is 2. The van der Waals surface area contributed by atoms with Gasteiger partial charge in [-0.2, -0.15) is 0 Å². The molecule has 2 rings (SSSR count). The lowest BCUT2D eigenvalue weighted by atomic mass is 9.86. The van der Waals surface area contributed by atoms with E-state index in [4.69, 9.17) is 4.42 Å². The summed E-state index contributed by atoms with van der Waals surface area (Å²) in [7, 11) is 0. The van der Waals surface area contributed by atoms with Gasteiger partial charge < -0.3 is 20.2 Å². The molecule has 1 saturated carbocycles. The summed E-state index contributed by atoms with van der Waals surface area (Å²) in [6.45, 7) is 0.790. The smallest absolute Gasteiger partial charge is 0.254 e. The van der Waals surface area contributed by atoms with E-state index in [1.54, 1.807) is 6.07 Å². The minimum Gasteiger partial charge on any atom is -0.472 e. The SMILES string of the molecule is O=C(CCNC(=O)c1ccoc1)NCC1CCCCC1O. The van der Waals surface area contributed by atoms with E-state index in [1.165, 1.54) is 12.5 Å². The highest BCUT2D eigenvalue weighted by Crippen LogP contribution is 2.23. The van der Waals surface area contributed by atoms with Gasteiger partial charge in [0.25, 0.3) is 5.91 Å². The van der Waals surface area contributed by atoms with Crippen molar-refractivity contribution in [2.24, 2.45) is 5.92 Å². The van der Waals surface area contributed by atoms with Crippen molar-refractivity contribution in [3.05, 3.63) is 24.2 Å². The van der Waals surface area contributed by atoms with Crippen LogP contribution < -0.4 is 10.6 Å². The van der Waals surface area contributed by atoms with Gasteiger partial charge in [0.2, 0.25) is 5.91 Å². The molecule has 0 radical (unpaired) electrons. The van der Waals surface area contributed by atoms with Gasteiger partial charge in [0.15, 0.2) is 0 Å². The number of nitrogens with one attached hydrogen (secondary N) is 2. The third kappa shape index (κ3) is 4.90. The first kappa shape index (κ1) is 15.6. The molecule has 2 unspecified atom stereocenters. The topological polar surface area (TPSA) is 91.6 Å². The van der Waals surface area contributed by atoms with Gasteiger partial charge in [-0.3, -0.25) is 9.59 Å². The fraction of sp³-hybridized carbons (Fsp3) is 0.600. The zero-order valence-corrected chi connectivity index (χ0v) is 12.0. The maximum Gasteiger partial charge on any atom is 0.254 e. The van der Waals surface area contributed by atoms with Crippen molar-refractivity contribution in [3.63, 3.8) is 0 Å². The van der Waals surface area contributed by atoms with Gasteiger partial charge in [0, 0.05) is 25.4 Å². The number of aliphatic hydroxyl groups excluding tert-OH is 1. The Hall–Kier alpha value is -1.82. The van der Waals surface area contributed by atoms with Gasteiger partial charge in [-0.1, -0.05) is 12.8 Å². The minimum atomic E-state index is -0.306. The van der Waals surface area contributed by atoms with Gasteiger partial charge in [-0.05, 0) is 18.9 Å². The van der Waals surface area contributed by atoms with Crippen LogP contribution in [0.3, 0.4) is 0 Å². The zero-order valence-electron chi connectivity index (χ0n) is 12.0. The first-order valence-corrected chi connectivity index (χ1v) is 7.42. The summed E-state index contributed by atoms with van der Waals surface area (Å²) in [5.74, 6) is -0.206. The maximum atomic E-state index is 11.7. The average Bonchev–Trinajstić information content (AvgIpc) is 3.00. The molecular formula is C15H22N2O4. The van der Waals surface area contributed by atoms with Gasteiger partial charge >= 0.3 is 0 Å². The number of aliphatic hydroxyl groups is 1. The largest absolute Gasteiger partial charge is 0.472 e. The Kier molecular flexibility index (Phi) is 5.80. The van der Waals surface area contributed by atoms with E-state index in [0.29, 0.717) is 12.1 Å². The molecule has 1 aromatic heterocycles. The summed E-state index contributed by atoms with van der Waals surface area (Å²) < 4.78 is 4.82. The Balaban J connectivity index is 1.60. The second-order valence-electron chi connectivity index (χ2n) is 5.43. The fourth-order valence-electron chi connectivity index (χ4n) is 2.54. The molecule has 1 aromatic rings. The van der Waals surface area contributed by atoms with Gasteiger partial charge in [0.1, 0.15) is 6.26 Å². The predicted octanol–water partition coefficient (Wildman–Crippen LogP) is 1.07. The Labute approximate surface area is 123 Å². The molecule has 0 aliphatic heterocycles. The van der Waals surface area contributed by atoms with E-state index in [9.17, 15) is 14.7 Å². The summed E-state index contributed by atoms with van der Waals surface area (Å²) in [6.07, 6.45) is 6.66. The Morgan fingerprint density at radius 2 is 2.10 bits per heavy atom. The lowest BCUT2D eigenvalue weighted by Crippen LogP contribution is -2.38. The number of rotatable bonds is 6. The second kappa shape index (κ2) is 7.83. The molecule has 3 N–H and O–H groups in total. The molecule has 1 heterocycles. The van der Waals surface area contributed by atoms with Crippen LogP contribution in [-0.4, -0.2) is 36.1 Å². The Morgan fingerprint density at radius 1 is 1.29 bits per heavy atom. The standard InChI is InChI=1S/C15H22N2O4/c18-13-4-2-1-3-11(13)9-17-14(19)5-7-16-15(20)12-6-8-21-10-12/h6,8,10-11,13,18H,1-5,7,9H2,(H,16,20)(H,17,19). The normalized spacial score (nSPS) is 21.8. The molecule has 21 heavy (non-hydrogen) atoms. The van der Waals surface area contributed by atoms with Crippen molar-refractivity contribution >= 4 is 11.8 Å². The number of furan rings is 1. The zero-order chi connectivity index (χ0) is 15.1. The highest BCUT2D eigenvalue weighted by Gasteiger charge is 2.23. The molecule has 116 valence electrons. The number of hydrogen-bond donors (Lipinski definition) is 3. The third-order valence-electron chi connectivity index (χ3n) is 3.85. The van der Waals surface area contributed by atoms with Crippen LogP contribution in [0, 0.1) is 5.92 Å². The van der Waals surface area contributed by atoms with Crippen molar-refractivity contribution in [2.45, 2.75) is 38.2 Å². The van der Waals surface area contributed by atoms with Crippen molar-refractivity contribution in [1.82, 2.24) is 10.6 Å². The molecular weight excluding hydrogens is 272 g/mol. The molecule has 0 spiro atoms. The van der Waals surface area contributed by atoms with Gasteiger partial charge in [-0.25, -0.2) is 0 Å². The van der Waals surface area contributed by atoms with Crippen LogP contribution in [0.1, 0.15) is 42.5 Å². The Morgan fingerprint density at radius 3 is 2.81 bits per heavy atom. The van der Waals surface area contributed by atoms with E-state index in [0.717, 1.165) is 25.7 Å². The Bertz CT molecular complexity index is 458. The molecule has 2 amide bonds. The van der Waals surface area contributed by atoms with Crippen LogP contribution in [0.15, 0.2) is 23.0 Å². The summed E-state index contributed by atoms with van der Waals surface area (Å²) in [5.41, 5.74) is 0.445. The molecule has 1 aliphatic rings. The van der Waals surface area contributed by atoms with E-state index < -0.39 is 0 Å². The molecule has 0 bridgehead atoms. The van der Waals surface area contributed by atoms with Crippen LogP contribution in [0.5, 0.6) is 0 Å². The van der Waals surface area contributed by atoms with Crippen molar-refractivity contribution in [1.29, 1.82) is 0 Å². The summed E-state index contributed by atoms with van der Waals surface area (Å²) in [6, 6.07) is 1.57. The second-order valence-corrected chi connectivity index (χ2v) is 5.43. The first-order chi connectivity index (χ1) is 10.2. The fourth-order valence-corrected chi connectivity index (χ4v) is 2.54. The first-order valence-electron chi connectivity index (χ1n) is 7.42. The molecule has 0 saturated heterocycles. The third-order valence-corrected chi connectivity index (χ3v) is 3.85. The molecule has 0 aromatic carbocycles. The van der Waals surface area contributed by atoms with Crippen LogP contribution in [0.25, 0.3) is 0 Å². The van der Waals surface area contributed by atoms with Crippen LogP contribution in [0.4, 0.5) is 0 Å². The number of hydrogen-bond acceptors (Lipinski definition) is 4. The van der Waals surface area contributed by atoms with Crippen LogP contribution in [-0.2, 0) is 4.79 Å². The summed E-state index contributed by atoms with van der Waals surface area (Å²) in [4.78, 5) is 23.3. The number of carbonyl (C=O) groups is 2. The number of carbonyl (C=O) groups excluding carboxylic acids is 2. The monoisotopic (exact) mass is 294 g/mol. The summed E-state index contributed by atoms with van der Waals surface area (Å²) in [5, 5.41) is 15.3. The highest BCUT2D eigenvalue weighted by atomic mass is 16.3. The summed E-state index contributed by atoms with van der Waals surface area (Å²) >= 11 is 0. The quantitative estimate of drug-likeness (QED) is 0.732. The van der Waals surface area contributed by atoms with E-state index in [1.807, 2.05) is 0 Å². The van der Waals surface area contributed by atoms with Crippen molar-refractivity contribution < 1.29 is 19.1 Å². The lowest BCUT2D eigenvalue weighted by molar-refractivity contribution is -0.121. The lowest BCUT2D eigenvalue weighted by Gasteiger charge is -2.27. The van der Waals surface area contributed by atoms with Crippen molar-refractivity contribution in [3.8, 4) is 0 Å². The minimum absolute atomic E-state index is 0.111. The van der Waals surface area contributed by atoms with Gasteiger partial charge in [0.05, 0.1) is 17.9 Å². The van der Waals surface area contributed by atoms with E-state index in [-0.39, 0.29) is 36.8 Å². The molecule has 6 heteroatoms. The van der Waals surface area contributed by atoms with E-state index >= 15 is 0 Å². The van der Waals surface area contributed by atoms with Gasteiger partial charge in [-0.15, -0.1) is 0 Å². The predicted molar refractivity (Wildman–Crippen MR) is 76.6 cm³/mol. The highest BCUT2D eigenvalue weighted by molar-refractivity contribution is 5.93. The molecule has 2 atom stereocenters.